The smallest absolute Gasteiger partial charge is 0.408 e. The van der Waals surface area contributed by atoms with E-state index in [2.05, 4.69) is 71.5 Å². The van der Waals surface area contributed by atoms with E-state index in [1.807, 2.05) is 92.9 Å². The number of nitrogens with one attached hydrogen (secondary N) is 1. The summed E-state index contributed by atoms with van der Waals surface area (Å²) in [7, 11) is 1.33. The lowest BCUT2D eigenvalue weighted by Crippen LogP contribution is -2.63. The summed E-state index contributed by atoms with van der Waals surface area (Å²) < 4.78 is 74.0. The minimum absolute atomic E-state index is 0.0998. The molecule has 4 saturated heterocycles. The quantitative estimate of drug-likeness (QED) is 0.0909. The first-order chi connectivity index (χ1) is 36.9. The number of carbonyl (C=O) groups is 3. The highest BCUT2D eigenvalue weighted by molar-refractivity contribution is 6.70. The molecule has 0 saturated carbocycles. The monoisotopic (exact) mass is 1130 g/mol. The van der Waals surface area contributed by atoms with Crippen molar-refractivity contribution in [3.8, 4) is 23.1 Å². The average Bonchev–Trinajstić information content (AvgIpc) is 4.00. The molecule has 1 N–H and O–H groups in total. The van der Waals surface area contributed by atoms with Gasteiger partial charge in [-0.1, -0.05) is 57.0 Å². The van der Waals surface area contributed by atoms with Gasteiger partial charge in [-0.3, -0.25) is 14.6 Å². The number of hydrogen-bond acceptors (Lipinski definition) is 17. The second-order valence-electron chi connectivity index (χ2n) is 25.4. The number of methoxy groups -OCH3 is 1. The van der Waals surface area contributed by atoms with Gasteiger partial charge in [-0.15, -0.1) is 0 Å². The average molecular weight is 1140 g/mol. The van der Waals surface area contributed by atoms with Gasteiger partial charge in [-0.05, 0) is 132 Å². The second-order valence-corrected chi connectivity index (χ2v) is 34.4. The third-order valence-electron chi connectivity index (χ3n) is 16.4. The zero-order valence-electron chi connectivity index (χ0n) is 50.3. The van der Waals surface area contributed by atoms with Gasteiger partial charge >= 0.3 is 12.1 Å². The van der Waals surface area contributed by atoms with E-state index in [1.54, 1.807) is 40.1 Å². The summed E-state index contributed by atoms with van der Waals surface area (Å²) in [5.41, 5.74) is -1.45. The van der Waals surface area contributed by atoms with Crippen molar-refractivity contribution in [1.82, 2.24) is 20.4 Å². The molecule has 0 radical (unpaired) electrons. The number of fused-ring (bicyclic) bond motifs is 2. The van der Waals surface area contributed by atoms with Gasteiger partial charge in [-0.25, -0.2) is 4.79 Å². The van der Waals surface area contributed by atoms with Crippen molar-refractivity contribution in [2.45, 2.75) is 218 Å². The number of Topliss-reactive ketones (excluding diaryl/α,β-unsaturated/α-hetero) is 1. The Balaban J connectivity index is 1.36. The van der Waals surface area contributed by atoms with Crippen molar-refractivity contribution in [2.24, 2.45) is 23.7 Å². The zero-order valence-corrected chi connectivity index (χ0v) is 52.3. The van der Waals surface area contributed by atoms with Crippen LogP contribution in [0.25, 0.3) is 22.2 Å². The predicted molar refractivity (Wildman–Crippen MR) is 304 cm³/mol. The van der Waals surface area contributed by atoms with E-state index in [1.165, 1.54) is 0 Å². The topological polar surface area (TPSA) is 198 Å². The molecular weight excluding hydrogens is 1040 g/mol. The maximum Gasteiger partial charge on any atom is 0.408 e. The first-order valence-corrected chi connectivity index (χ1v) is 35.1. The fraction of sp³-hybridized carbons (Fsp3) is 0.712. The lowest BCUT2D eigenvalue weighted by atomic mass is 9.73. The zero-order chi connectivity index (χ0) is 58.2. The molecule has 18 nitrogen and oxygen atoms in total. The van der Waals surface area contributed by atoms with Crippen molar-refractivity contribution < 1.29 is 65.7 Å². The van der Waals surface area contributed by atoms with Crippen molar-refractivity contribution in [1.29, 1.82) is 0 Å². The van der Waals surface area contributed by atoms with E-state index in [9.17, 15) is 4.79 Å². The second kappa shape index (κ2) is 24.8. The number of hydrogen-bond donors (Lipinski definition) is 1. The lowest BCUT2D eigenvalue weighted by molar-refractivity contribution is -0.317. The number of likely N-dealkylation sites (N-methyl/N-ethyl adjacent to an activating group) is 1. The van der Waals surface area contributed by atoms with E-state index in [-0.39, 0.29) is 43.8 Å². The predicted octanol–water partition coefficient (Wildman–Crippen LogP) is 9.54. The van der Waals surface area contributed by atoms with Crippen molar-refractivity contribution in [3.05, 3.63) is 48.4 Å². The molecule has 4 aliphatic rings. The summed E-state index contributed by atoms with van der Waals surface area (Å²) in [6.45, 7) is 31.5. The van der Waals surface area contributed by atoms with Crippen molar-refractivity contribution >= 4 is 45.4 Å². The molecule has 4 fully saturated rings. The molecule has 20 heteroatoms. The fourth-order valence-corrected chi connectivity index (χ4v) is 14.7. The summed E-state index contributed by atoms with van der Waals surface area (Å²) in [4.78, 5) is 50.4. The van der Waals surface area contributed by atoms with Gasteiger partial charge in [0.05, 0.1) is 59.2 Å². The Bertz CT molecular complexity index is 2670. The van der Waals surface area contributed by atoms with E-state index in [0.29, 0.717) is 17.9 Å². The number of amides is 1. The molecule has 0 bridgehead atoms. The molecule has 1 aromatic carbocycles. The van der Waals surface area contributed by atoms with Crippen LogP contribution in [0.15, 0.2) is 47.1 Å². The first-order valence-electron chi connectivity index (χ1n) is 28.3. The molecule has 18 atom stereocenters. The number of para-hydroxylation sites is 1. The van der Waals surface area contributed by atoms with Gasteiger partial charge in [-0.2, -0.15) is 0 Å². The van der Waals surface area contributed by atoms with Crippen LogP contribution in [-0.2, 0) is 56.3 Å². The van der Waals surface area contributed by atoms with Crippen molar-refractivity contribution in [3.63, 3.8) is 0 Å². The third kappa shape index (κ3) is 14.4. The molecular formula is C59H90N4O14Si2. The molecule has 4 unspecified atom stereocenters. The number of nitrogens with zero attached hydrogens (tertiary/aromatic N) is 3. The highest BCUT2D eigenvalue weighted by Crippen LogP contribution is 2.44. The Kier molecular flexibility index (Phi) is 19.6. The molecule has 2 aromatic heterocycles. The lowest BCUT2D eigenvalue weighted by Gasteiger charge is -2.51. The van der Waals surface area contributed by atoms with Gasteiger partial charge in [0.2, 0.25) is 5.76 Å². The minimum atomic E-state index is -2.29. The molecule has 3 aromatic rings. The van der Waals surface area contributed by atoms with E-state index in [0.717, 1.165) is 16.5 Å². The summed E-state index contributed by atoms with van der Waals surface area (Å²) >= 11 is 0. The maximum atomic E-state index is 15.2. The summed E-state index contributed by atoms with van der Waals surface area (Å²) in [5.74, 6) is 2.57. The van der Waals surface area contributed by atoms with E-state index in [4.69, 9.17) is 51.3 Å². The molecule has 4 aliphatic heterocycles. The van der Waals surface area contributed by atoms with Crippen molar-refractivity contribution in [2.75, 3.05) is 27.8 Å². The summed E-state index contributed by atoms with van der Waals surface area (Å²) in [5, 5.41) is 8.20. The number of aromatic nitrogens is 2. The standard InChI is InChI=1S/C59H90N4O14Si2/c1-20-46-59(10)51(61-56(66)74-59)36(4)48(64)34(2)31-58(9,68-27-23-25-42-30-44(62-75-42)41-29-40-24-21-22-26-43(40)60-33-41)52(73-55-50(76-78(14,15)16)45(63(11)12)28-35(3)69-55)37(5)49(38(6)54(65)71-46)72-47-32-57(8,67-13)53(39(7)70-47)77-79(17,18)19/h21-22,24,26,29-30,33-39,45-47,49-53,55H,20,27-28,31-32H2,1-19H3,(H,61,66)/t34-,35-,36+,37+,38-,39?,45+,46-,47?,49+,50-,51-,52-,53?,55+,57?,58-,59-/m1/s1. The van der Waals surface area contributed by atoms with Crippen LogP contribution in [0.2, 0.25) is 39.3 Å². The van der Waals surface area contributed by atoms with Crippen LogP contribution in [0.5, 0.6) is 0 Å². The number of pyridine rings is 1. The molecule has 0 aliphatic carbocycles. The highest BCUT2D eigenvalue weighted by atomic mass is 28.4. The van der Waals surface area contributed by atoms with E-state index >= 15 is 9.59 Å². The van der Waals surface area contributed by atoms with Crippen LogP contribution in [-0.4, -0.2) is 162 Å². The number of cyclic esters (lactones) is 1. The molecule has 6 heterocycles. The van der Waals surface area contributed by atoms with Crippen LogP contribution in [0.3, 0.4) is 0 Å². The minimum Gasteiger partial charge on any atom is -0.458 e. The Labute approximate surface area is 470 Å². The Morgan fingerprint density at radius 1 is 0.848 bits per heavy atom. The fourth-order valence-electron chi connectivity index (χ4n) is 12.4. The van der Waals surface area contributed by atoms with Crippen LogP contribution in [0, 0.1) is 35.5 Å². The van der Waals surface area contributed by atoms with Gasteiger partial charge in [0.1, 0.15) is 30.3 Å². The normalized spacial score (nSPS) is 37.1. The number of esters is 1. The largest absolute Gasteiger partial charge is 0.458 e. The maximum absolute atomic E-state index is 15.2. The number of ketones is 1. The molecule has 438 valence electrons. The molecule has 7 rings (SSSR count). The van der Waals surface area contributed by atoms with Gasteiger partial charge < -0.3 is 61.5 Å². The molecule has 79 heavy (non-hydrogen) atoms. The molecule has 1 amide bonds. The van der Waals surface area contributed by atoms with Gasteiger partial charge in [0.15, 0.2) is 34.8 Å². The van der Waals surface area contributed by atoms with Crippen LogP contribution in [0.4, 0.5) is 4.79 Å². The third-order valence-corrected chi connectivity index (χ3v) is 18.3. The number of benzene rings is 1. The van der Waals surface area contributed by atoms with Crippen LogP contribution >= 0.6 is 0 Å². The SMILES string of the molecule is CC[C@H]1OC(=O)[C@H](C)[C@@H](OC2CC(C)(OC)C(O[Si](C)(C)C)C(C)O2)[C@H](C)[C@@H](O[C@@H]2O[C@H](C)C[C@H](N(C)C)[C@H]2O[Si](C)(C)C)[C@](C)(OCC#Cc2cc(-c3cnc4ccccc4c3)no2)C[C@@H](C)C(=O)[C@H](C)[C@H]2NC(=O)O[C@@]21C. The Morgan fingerprint density at radius 3 is 2.20 bits per heavy atom. The first kappa shape index (κ1) is 62.5. The molecule has 0 spiro atoms. The Hall–Kier alpha value is -4.12. The summed E-state index contributed by atoms with van der Waals surface area (Å²) in [6.07, 6.45) is -4.15. The van der Waals surface area contributed by atoms with Crippen LogP contribution in [0.1, 0.15) is 101 Å². The Morgan fingerprint density at radius 2 is 1.54 bits per heavy atom. The van der Waals surface area contributed by atoms with Gasteiger partial charge in [0, 0.05) is 60.5 Å². The van der Waals surface area contributed by atoms with Gasteiger partial charge in [0.25, 0.3) is 0 Å². The number of alkyl carbamates (subject to hydrolysis) is 1. The summed E-state index contributed by atoms with van der Waals surface area (Å²) in [6, 6.07) is 10.6. The highest BCUT2D eigenvalue weighted by Gasteiger charge is 2.58. The van der Waals surface area contributed by atoms with E-state index < -0.39 is 124 Å². The number of carbonyl (C=O) groups excluding carboxylic acids is 3. The van der Waals surface area contributed by atoms with Crippen LogP contribution < -0.4 is 5.32 Å². The number of rotatable bonds is 14. The number of ether oxygens (including phenoxy) is 8.